The highest BCUT2D eigenvalue weighted by molar-refractivity contribution is 5.33. The molecule has 8 nitrogen and oxygen atoms in total. The Morgan fingerprint density at radius 1 is 0.607 bits per heavy atom. The van der Waals surface area contributed by atoms with Gasteiger partial charge in [-0.3, -0.25) is 20.2 Å². The van der Waals surface area contributed by atoms with Crippen LogP contribution in [-0.4, -0.2) is 22.9 Å². The monoisotopic (exact) mass is 386 g/mol. The Kier molecular flexibility index (Phi) is 9.03. The van der Waals surface area contributed by atoms with Gasteiger partial charge in [0.2, 0.25) is 0 Å². The molecule has 0 aliphatic rings. The first-order chi connectivity index (χ1) is 13.6. The number of nitro groups is 2. The molecule has 28 heavy (non-hydrogen) atoms. The Morgan fingerprint density at radius 3 is 1.29 bits per heavy atom. The van der Waals surface area contributed by atoms with Crippen LogP contribution in [0.2, 0.25) is 0 Å². The zero-order valence-electron chi connectivity index (χ0n) is 15.8. The molecule has 0 aromatic heterocycles. The van der Waals surface area contributed by atoms with Crippen LogP contribution < -0.4 is 10.6 Å². The molecule has 2 rings (SSSR count). The summed E-state index contributed by atoms with van der Waals surface area (Å²) >= 11 is 0. The average Bonchev–Trinajstić information content (AvgIpc) is 2.70. The SMILES string of the molecule is O=[N+]([O-])c1ccc(CNCCCCCCNCc2ccc([N+](=O)[O-])cc2)cc1. The number of nitrogens with one attached hydrogen (secondary N) is 2. The fraction of sp³-hybridized carbons (Fsp3) is 0.400. The molecular weight excluding hydrogens is 360 g/mol. The van der Waals surface area contributed by atoms with E-state index in [0.717, 1.165) is 63.0 Å². The van der Waals surface area contributed by atoms with Gasteiger partial charge in [0.25, 0.3) is 11.4 Å². The summed E-state index contributed by atoms with van der Waals surface area (Å²) in [6, 6.07) is 13.2. The van der Waals surface area contributed by atoms with Gasteiger partial charge in [-0.25, -0.2) is 0 Å². The third kappa shape index (κ3) is 7.81. The van der Waals surface area contributed by atoms with E-state index >= 15 is 0 Å². The second-order valence-electron chi connectivity index (χ2n) is 6.61. The Hall–Kier alpha value is -2.84. The topological polar surface area (TPSA) is 110 Å². The summed E-state index contributed by atoms with van der Waals surface area (Å²) in [5, 5.41) is 27.9. The smallest absolute Gasteiger partial charge is 0.269 e. The van der Waals surface area contributed by atoms with Gasteiger partial charge in [0, 0.05) is 37.4 Å². The molecule has 0 saturated heterocycles. The summed E-state index contributed by atoms with van der Waals surface area (Å²) in [6.07, 6.45) is 4.48. The van der Waals surface area contributed by atoms with Gasteiger partial charge in [0.05, 0.1) is 9.85 Å². The normalized spacial score (nSPS) is 10.7. The predicted molar refractivity (Wildman–Crippen MR) is 108 cm³/mol. The number of unbranched alkanes of at least 4 members (excludes halogenated alkanes) is 3. The van der Waals surface area contributed by atoms with E-state index < -0.39 is 9.85 Å². The lowest BCUT2D eigenvalue weighted by molar-refractivity contribution is -0.385. The van der Waals surface area contributed by atoms with E-state index in [0.29, 0.717) is 0 Å². The molecule has 0 fully saturated rings. The van der Waals surface area contributed by atoms with Crippen LogP contribution in [0.15, 0.2) is 48.5 Å². The Balaban J connectivity index is 1.45. The van der Waals surface area contributed by atoms with Crippen molar-refractivity contribution in [1.82, 2.24) is 10.6 Å². The van der Waals surface area contributed by atoms with Gasteiger partial charge in [0.1, 0.15) is 0 Å². The number of nitro benzene ring substituents is 2. The highest BCUT2D eigenvalue weighted by Gasteiger charge is 2.04. The fourth-order valence-corrected chi connectivity index (χ4v) is 2.79. The molecule has 0 saturated carbocycles. The van der Waals surface area contributed by atoms with Crippen molar-refractivity contribution in [3.05, 3.63) is 79.9 Å². The van der Waals surface area contributed by atoms with E-state index in [1.807, 2.05) is 0 Å². The maximum Gasteiger partial charge on any atom is 0.269 e. The summed E-state index contributed by atoms with van der Waals surface area (Å²) in [4.78, 5) is 20.4. The lowest BCUT2D eigenvalue weighted by Crippen LogP contribution is -2.16. The molecule has 0 aliphatic heterocycles. The minimum atomic E-state index is -0.391. The largest absolute Gasteiger partial charge is 0.313 e. The van der Waals surface area contributed by atoms with Crippen molar-refractivity contribution in [2.45, 2.75) is 38.8 Å². The highest BCUT2D eigenvalue weighted by atomic mass is 16.6. The molecule has 0 bridgehead atoms. The molecule has 0 spiro atoms. The van der Waals surface area contributed by atoms with Crippen LogP contribution in [0.4, 0.5) is 11.4 Å². The number of benzene rings is 2. The lowest BCUT2D eigenvalue weighted by Gasteiger charge is -2.06. The summed E-state index contributed by atoms with van der Waals surface area (Å²) in [6.45, 7) is 3.28. The van der Waals surface area contributed by atoms with Crippen LogP contribution in [0.25, 0.3) is 0 Å². The summed E-state index contributed by atoms with van der Waals surface area (Å²) in [5.41, 5.74) is 2.32. The van der Waals surface area contributed by atoms with Gasteiger partial charge in [-0.05, 0) is 37.1 Å². The summed E-state index contributed by atoms with van der Waals surface area (Å²) in [7, 11) is 0. The van der Waals surface area contributed by atoms with Crippen LogP contribution in [0.1, 0.15) is 36.8 Å². The quantitative estimate of drug-likeness (QED) is 0.306. The van der Waals surface area contributed by atoms with Gasteiger partial charge in [0.15, 0.2) is 0 Å². The Labute approximate surface area is 164 Å². The molecule has 0 radical (unpaired) electrons. The first-order valence-corrected chi connectivity index (χ1v) is 9.44. The molecule has 0 aliphatic carbocycles. The average molecular weight is 386 g/mol. The third-order valence-corrected chi connectivity index (χ3v) is 4.41. The van der Waals surface area contributed by atoms with Gasteiger partial charge < -0.3 is 10.6 Å². The van der Waals surface area contributed by atoms with E-state index in [1.54, 1.807) is 24.3 Å². The molecule has 0 unspecified atom stereocenters. The van der Waals surface area contributed by atoms with Gasteiger partial charge >= 0.3 is 0 Å². The first-order valence-electron chi connectivity index (χ1n) is 9.44. The lowest BCUT2D eigenvalue weighted by atomic mass is 10.1. The zero-order valence-corrected chi connectivity index (χ0v) is 15.8. The van der Waals surface area contributed by atoms with E-state index in [2.05, 4.69) is 10.6 Å². The Bertz CT molecular complexity index is 682. The minimum absolute atomic E-state index is 0.117. The number of hydrogen-bond acceptors (Lipinski definition) is 6. The predicted octanol–water partition coefficient (Wildman–Crippen LogP) is 3.94. The maximum atomic E-state index is 10.6. The van der Waals surface area contributed by atoms with Crippen LogP contribution in [-0.2, 0) is 13.1 Å². The molecule has 0 amide bonds. The van der Waals surface area contributed by atoms with Gasteiger partial charge in [-0.1, -0.05) is 37.1 Å². The Morgan fingerprint density at radius 2 is 0.964 bits per heavy atom. The van der Waals surface area contributed by atoms with Crippen molar-refractivity contribution in [3.63, 3.8) is 0 Å². The fourth-order valence-electron chi connectivity index (χ4n) is 2.79. The molecule has 2 aromatic rings. The molecule has 2 N–H and O–H groups in total. The molecule has 0 atom stereocenters. The van der Waals surface area contributed by atoms with E-state index in [9.17, 15) is 20.2 Å². The van der Waals surface area contributed by atoms with Crippen LogP contribution in [0.3, 0.4) is 0 Å². The van der Waals surface area contributed by atoms with Crippen LogP contribution >= 0.6 is 0 Å². The number of rotatable bonds is 13. The number of non-ortho nitro benzene ring substituents is 2. The molecule has 150 valence electrons. The highest BCUT2D eigenvalue weighted by Crippen LogP contribution is 2.12. The summed E-state index contributed by atoms with van der Waals surface area (Å²) < 4.78 is 0. The molecule has 0 heterocycles. The number of nitrogens with zero attached hydrogens (tertiary/aromatic N) is 2. The van der Waals surface area contributed by atoms with Crippen molar-refractivity contribution in [2.75, 3.05) is 13.1 Å². The van der Waals surface area contributed by atoms with Gasteiger partial charge in [-0.15, -0.1) is 0 Å². The molecule has 2 aromatic carbocycles. The second-order valence-corrected chi connectivity index (χ2v) is 6.61. The van der Waals surface area contributed by atoms with Crippen molar-refractivity contribution in [3.8, 4) is 0 Å². The van der Waals surface area contributed by atoms with Crippen molar-refractivity contribution in [2.24, 2.45) is 0 Å². The first kappa shape index (κ1) is 21.5. The third-order valence-electron chi connectivity index (χ3n) is 4.41. The maximum absolute atomic E-state index is 10.6. The van der Waals surface area contributed by atoms with Gasteiger partial charge in [-0.2, -0.15) is 0 Å². The standard InChI is InChI=1S/C20H26N4O4/c25-23(26)19-9-5-17(6-10-19)15-21-13-3-1-2-4-14-22-16-18-7-11-20(12-8-18)24(27)28/h5-12,21-22H,1-4,13-16H2. The second kappa shape index (κ2) is 11.8. The zero-order chi connectivity index (χ0) is 20.2. The van der Waals surface area contributed by atoms with E-state index in [-0.39, 0.29) is 11.4 Å². The van der Waals surface area contributed by atoms with Crippen LogP contribution in [0, 0.1) is 20.2 Å². The van der Waals surface area contributed by atoms with E-state index in [4.69, 9.17) is 0 Å². The molecule has 8 heteroatoms. The minimum Gasteiger partial charge on any atom is -0.313 e. The van der Waals surface area contributed by atoms with Crippen molar-refractivity contribution in [1.29, 1.82) is 0 Å². The van der Waals surface area contributed by atoms with Crippen molar-refractivity contribution < 1.29 is 9.85 Å². The van der Waals surface area contributed by atoms with E-state index in [1.165, 1.54) is 24.3 Å². The number of hydrogen-bond donors (Lipinski definition) is 2. The molecular formula is C20H26N4O4. The summed E-state index contributed by atoms with van der Waals surface area (Å²) in [5.74, 6) is 0. The van der Waals surface area contributed by atoms with Crippen molar-refractivity contribution >= 4 is 11.4 Å². The van der Waals surface area contributed by atoms with Crippen LogP contribution in [0.5, 0.6) is 0 Å².